The number of nitrogens with one attached hydrogen (secondary N) is 1. The van der Waals surface area contributed by atoms with Gasteiger partial charge in [-0.2, -0.15) is 0 Å². The lowest BCUT2D eigenvalue weighted by Gasteiger charge is -2.07. The van der Waals surface area contributed by atoms with Gasteiger partial charge in [-0.3, -0.25) is 15.1 Å². The highest BCUT2D eigenvalue weighted by atomic mass is 19.1. The number of anilines is 1. The van der Waals surface area contributed by atoms with Gasteiger partial charge in [-0.05, 0) is 41.5 Å². The van der Waals surface area contributed by atoms with E-state index in [0.717, 1.165) is 11.1 Å². The number of aromatic nitrogens is 2. The monoisotopic (exact) mass is 402 g/mol. The van der Waals surface area contributed by atoms with Crippen molar-refractivity contribution in [3.8, 4) is 22.4 Å². The summed E-state index contributed by atoms with van der Waals surface area (Å²) in [5, 5.41) is 6.95. The fraction of sp³-hybridized carbons (Fsp3) is 0.0870. The Morgan fingerprint density at radius 1 is 1.03 bits per heavy atom. The van der Waals surface area contributed by atoms with Gasteiger partial charge >= 0.3 is 0 Å². The predicted octanol–water partition coefficient (Wildman–Crippen LogP) is 4.18. The molecule has 6 nitrogen and oxygen atoms in total. The number of nitrogens with zero attached hydrogens (tertiary/aromatic N) is 2. The number of halogens is 1. The van der Waals surface area contributed by atoms with Crippen LogP contribution in [0.5, 0.6) is 0 Å². The van der Waals surface area contributed by atoms with E-state index in [1.54, 1.807) is 36.7 Å². The van der Waals surface area contributed by atoms with Crippen LogP contribution in [0.1, 0.15) is 11.1 Å². The summed E-state index contributed by atoms with van der Waals surface area (Å²) >= 11 is 0. The number of rotatable bonds is 6. The molecule has 4 aromatic rings. The van der Waals surface area contributed by atoms with Crippen LogP contribution < -0.4 is 11.1 Å². The normalized spacial score (nSPS) is 10.7. The van der Waals surface area contributed by atoms with E-state index in [-0.39, 0.29) is 30.6 Å². The van der Waals surface area contributed by atoms with Crippen molar-refractivity contribution in [3.63, 3.8) is 0 Å². The lowest BCUT2D eigenvalue weighted by molar-refractivity contribution is -0.115. The molecule has 0 fully saturated rings. The van der Waals surface area contributed by atoms with Crippen LogP contribution in [0.2, 0.25) is 0 Å². The van der Waals surface area contributed by atoms with Crippen molar-refractivity contribution >= 4 is 11.8 Å². The first-order valence-electron chi connectivity index (χ1n) is 9.38. The Balaban J connectivity index is 1.72. The lowest BCUT2D eigenvalue weighted by atomic mass is 10.00. The number of carbonyl (C=O) groups excluding carboxylic acids is 1. The summed E-state index contributed by atoms with van der Waals surface area (Å²) in [6, 6.07) is 17.6. The minimum Gasteiger partial charge on any atom is -0.337 e. The van der Waals surface area contributed by atoms with Gasteiger partial charge in [0.25, 0.3) is 0 Å². The van der Waals surface area contributed by atoms with Crippen LogP contribution in [-0.2, 0) is 17.8 Å². The largest absolute Gasteiger partial charge is 0.337 e. The summed E-state index contributed by atoms with van der Waals surface area (Å²) in [5.41, 5.74) is 9.35. The van der Waals surface area contributed by atoms with Gasteiger partial charge in [0.05, 0.1) is 12.0 Å². The molecule has 0 aliphatic carbocycles. The molecule has 2 aromatic heterocycles. The molecule has 4 rings (SSSR count). The van der Waals surface area contributed by atoms with Gasteiger partial charge in [0.2, 0.25) is 11.8 Å². The summed E-state index contributed by atoms with van der Waals surface area (Å²) < 4.78 is 19.4. The van der Waals surface area contributed by atoms with Crippen LogP contribution in [0, 0.1) is 5.82 Å². The number of benzene rings is 2. The van der Waals surface area contributed by atoms with E-state index in [9.17, 15) is 9.18 Å². The number of hydrogen-bond acceptors (Lipinski definition) is 5. The molecule has 1 amide bonds. The molecule has 0 radical (unpaired) electrons. The van der Waals surface area contributed by atoms with Crippen LogP contribution in [-0.4, -0.2) is 16.0 Å². The van der Waals surface area contributed by atoms with Crippen molar-refractivity contribution in [2.45, 2.75) is 13.0 Å². The highest BCUT2D eigenvalue weighted by Gasteiger charge is 2.22. The van der Waals surface area contributed by atoms with Gasteiger partial charge in [-0.15, -0.1) is 0 Å². The molecule has 0 saturated heterocycles. The van der Waals surface area contributed by atoms with Crippen LogP contribution in [0.4, 0.5) is 10.3 Å². The highest BCUT2D eigenvalue weighted by Crippen LogP contribution is 2.38. The molecule has 0 atom stereocenters. The van der Waals surface area contributed by atoms with Crippen LogP contribution in [0.15, 0.2) is 77.6 Å². The maximum absolute atomic E-state index is 13.9. The molecule has 0 spiro atoms. The molecular formula is C23H19FN4O2. The predicted molar refractivity (Wildman–Crippen MR) is 112 cm³/mol. The number of hydrogen-bond donors (Lipinski definition) is 2. The molecular weight excluding hydrogens is 383 g/mol. The standard InChI is InChI=1S/C23H19FN4O2/c24-19-7-6-17(13-18(19)14-25)22-21(16-8-10-26-11-9-16)23(30-28-22)27-20(29)12-15-4-2-1-3-5-15/h1-11,13H,12,14,25H2,(H,27,29). The Bertz CT molecular complexity index is 1160. The second kappa shape index (κ2) is 8.67. The summed E-state index contributed by atoms with van der Waals surface area (Å²) in [7, 11) is 0. The molecule has 7 heteroatoms. The van der Waals surface area contributed by atoms with E-state index < -0.39 is 0 Å². The maximum Gasteiger partial charge on any atom is 0.239 e. The molecule has 2 heterocycles. The molecule has 0 saturated carbocycles. The number of amides is 1. The van der Waals surface area contributed by atoms with Gasteiger partial charge in [0, 0.05) is 30.1 Å². The number of nitrogens with two attached hydrogens (primary N) is 1. The third kappa shape index (κ3) is 4.11. The molecule has 0 unspecified atom stereocenters. The van der Waals surface area contributed by atoms with E-state index in [4.69, 9.17) is 10.3 Å². The summed E-state index contributed by atoms with van der Waals surface area (Å²) in [4.78, 5) is 16.6. The second-order valence-corrected chi connectivity index (χ2v) is 6.69. The third-order valence-corrected chi connectivity index (χ3v) is 4.66. The van der Waals surface area contributed by atoms with Crippen LogP contribution >= 0.6 is 0 Å². The summed E-state index contributed by atoms with van der Waals surface area (Å²) in [5.74, 6) is -0.400. The van der Waals surface area contributed by atoms with Gasteiger partial charge in [-0.25, -0.2) is 4.39 Å². The van der Waals surface area contributed by atoms with Crippen molar-refractivity contribution in [1.29, 1.82) is 0 Å². The number of carbonyl (C=O) groups is 1. The fourth-order valence-corrected chi connectivity index (χ4v) is 3.19. The topological polar surface area (TPSA) is 94.0 Å². The first-order chi connectivity index (χ1) is 14.7. The average molecular weight is 402 g/mol. The molecule has 2 aromatic carbocycles. The van der Waals surface area contributed by atoms with Gasteiger partial charge in [0.15, 0.2) is 0 Å². The Morgan fingerprint density at radius 2 is 1.80 bits per heavy atom. The fourth-order valence-electron chi connectivity index (χ4n) is 3.19. The average Bonchev–Trinajstić information content (AvgIpc) is 3.18. The molecule has 3 N–H and O–H groups in total. The zero-order valence-electron chi connectivity index (χ0n) is 16.0. The molecule has 0 aliphatic heterocycles. The first-order valence-corrected chi connectivity index (χ1v) is 9.38. The maximum atomic E-state index is 13.9. The summed E-state index contributed by atoms with van der Waals surface area (Å²) in [6.45, 7) is 0.0583. The van der Waals surface area contributed by atoms with Crippen molar-refractivity contribution in [3.05, 3.63) is 90.0 Å². The Hall–Kier alpha value is -3.84. The second-order valence-electron chi connectivity index (χ2n) is 6.69. The van der Waals surface area contributed by atoms with Crippen molar-refractivity contribution in [2.24, 2.45) is 5.73 Å². The van der Waals surface area contributed by atoms with Crippen LogP contribution in [0.3, 0.4) is 0 Å². The van der Waals surface area contributed by atoms with Crippen molar-refractivity contribution in [1.82, 2.24) is 10.1 Å². The molecule has 0 aliphatic rings. The van der Waals surface area contributed by atoms with Crippen molar-refractivity contribution < 1.29 is 13.7 Å². The SMILES string of the molecule is NCc1cc(-c2noc(NC(=O)Cc3ccccc3)c2-c2ccncc2)ccc1F. The van der Waals surface area contributed by atoms with Gasteiger partial charge in [0.1, 0.15) is 11.5 Å². The zero-order chi connectivity index (χ0) is 20.9. The molecule has 150 valence electrons. The third-order valence-electron chi connectivity index (χ3n) is 4.66. The quantitative estimate of drug-likeness (QED) is 0.505. The van der Waals surface area contributed by atoms with Crippen molar-refractivity contribution in [2.75, 3.05) is 5.32 Å². The Morgan fingerprint density at radius 3 is 2.53 bits per heavy atom. The van der Waals surface area contributed by atoms with E-state index in [1.807, 2.05) is 30.3 Å². The highest BCUT2D eigenvalue weighted by molar-refractivity contribution is 5.97. The van der Waals surface area contributed by atoms with E-state index in [2.05, 4.69) is 15.5 Å². The van der Waals surface area contributed by atoms with E-state index >= 15 is 0 Å². The van der Waals surface area contributed by atoms with E-state index in [0.29, 0.717) is 22.4 Å². The zero-order valence-corrected chi connectivity index (χ0v) is 16.0. The van der Waals surface area contributed by atoms with E-state index in [1.165, 1.54) is 6.07 Å². The first kappa shape index (κ1) is 19.5. The molecule has 30 heavy (non-hydrogen) atoms. The van der Waals surface area contributed by atoms with Crippen LogP contribution in [0.25, 0.3) is 22.4 Å². The minimum absolute atomic E-state index is 0.0583. The van der Waals surface area contributed by atoms with Gasteiger partial charge < -0.3 is 10.3 Å². The smallest absolute Gasteiger partial charge is 0.239 e. The molecule has 0 bridgehead atoms. The Labute approximate surface area is 172 Å². The Kier molecular flexibility index (Phi) is 5.63. The number of pyridine rings is 1. The lowest BCUT2D eigenvalue weighted by Crippen LogP contribution is -2.14. The summed E-state index contributed by atoms with van der Waals surface area (Å²) in [6.07, 6.45) is 3.47. The minimum atomic E-state index is -0.383. The van der Waals surface area contributed by atoms with Gasteiger partial charge in [-0.1, -0.05) is 35.5 Å².